The monoisotopic (exact) mass is 336 g/mol. The number of aliphatic carboxylic acids is 1. The second-order valence-corrected chi connectivity index (χ2v) is 7.29. The Morgan fingerprint density at radius 2 is 2.09 bits per heavy atom. The van der Waals surface area contributed by atoms with Crippen molar-refractivity contribution in [1.82, 2.24) is 10.3 Å². The third-order valence-corrected chi connectivity index (χ3v) is 4.16. The number of hydrogen-bond acceptors (Lipinski definition) is 5. The van der Waals surface area contributed by atoms with Crippen LogP contribution in [0.4, 0.5) is 0 Å². The molecule has 2 aromatic rings. The minimum Gasteiger partial charge on any atom is -0.481 e. The summed E-state index contributed by atoms with van der Waals surface area (Å²) in [5.41, 5.74) is 1.86. The highest BCUT2D eigenvalue weighted by molar-refractivity contribution is 7.09. The summed E-state index contributed by atoms with van der Waals surface area (Å²) in [6.45, 7) is 8.26. The van der Waals surface area contributed by atoms with Gasteiger partial charge in [0.2, 0.25) is 0 Å². The standard InChI is InChI=1S/C16H20N2O4S/c1-9-7-22-10(5-13(19)20)14(9)15(21)17-6-12-18-11(8-23-12)16(2,3)4/h7-8H,5-6H2,1-4H3,(H,17,21)(H,19,20). The van der Waals surface area contributed by atoms with Crippen molar-refractivity contribution in [3.63, 3.8) is 0 Å². The van der Waals surface area contributed by atoms with Crippen molar-refractivity contribution in [1.29, 1.82) is 0 Å². The maximum atomic E-state index is 12.3. The molecule has 23 heavy (non-hydrogen) atoms. The number of carbonyl (C=O) groups excluding carboxylic acids is 1. The fourth-order valence-electron chi connectivity index (χ4n) is 2.05. The van der Waals surface area contributed by atoms with Crippen molar-refractivity contribution >= 4 is 23.2 Å². The largest absolute Gasteiger partial charge is 0.481 e. The van der Waals surface area contributed by atoms with Gasteiger partial charge in [-0.25, -0.2) is 4.98 Å². The highest BCUT2D eigenvalue weighted by Crippen LogP contribution is 2.24. The normalized spacial score (nSPS) is 11.5. The number of hydrogen-bond donors (Lipinski definition) is 2. The number of aromatic nitrogens is 1. The molecular weight excluding hydrogens is 316 g/mol. The van der Waals surface area contributed by atoms with Crippen LogP contribution in [0.25, 0.3) is 0 Å². The summed E-state index contributed by atoms with van der Waals surface area (Å²) in [5.74, 6) is -1.22. The van der Waals surface area contributed by atoms with E-state index < -0.39 is 5.97 Å². The Morgan fingerprint density at radius 3 is 2.65 bits per heavy atom. The molecule has 0 bridgehead atoms. The van der Waals surface area contributed by atoms with Gasteiger partial charge in [-0.15, -0.1) is 11.3 Å². The highest BCUT2D eigenvalue weighted by Gasteiger charge is 2.21. The van der Waals surface area contributed by atoms with Gasteiger partial charge >= 0.3 is 5.97 Å². The Labute approximate surface area is 138 Å². The molecule has 2 heterocycles. The van der Waals surface area contributed by atoms with Crippen molar-refractivity contribution < 1.29 is 19.1 Å². The third kappa shape index (κ3) is 4.19. The molecule has 2 N–H and O–H groups in total. The minimum absolute atomic E-state index is 0.0332. The van der Waals surface area contributed by atoms with Crippen LogP contribution in [0.2, 0.25) is 0 Å². The van der Waals surface area contributed by atoms with Crippen molar-refractivity contribution in [2.75, 3.05) is 0 Å². The van der Waals surface area contributed by atoms with Crippen LogP contribution in [0.5, 0.6) is 0 Å². The molecule has 0 aromatic carbocycles. The van der Waals surface area contributed by atoms with E-state index in [0.29, 0.717) is 17.7 Å². The molecule has 6 nitrogen and oxygen atoms in total. The first kappa shape index (κ1) is 17.2. The second kappa shape index (κ2) is 6.54. The molecule has 0 atom stereocenters. The molecule has 1 amide bonds. The number of carbonyl (C=O) groups is 2. The smallest absolute Gasteiger partial charge is 0.311 e. The Bertz CT molecular complexity index is 725. The number of nitrogens with zero attached hydrogens (tertiary/aromatic N) is 1. The summed E-state index contributed by atoms with van der Waals surface area (Å²) in [7, 11) is 0. The predicted molar refractivity (Wildman–Crippen MR) is 86.8 cm³/mol. The van der Waals surface area contributed by atoms with Crippen LogP contribution in [0.3, 0.4) is 0 Å². The van der Waals surface area contributed by atoms with E-state index in [9.17, 15) is 9.59 Å². The van der Waals surface area contributed by atoms with Crippen molar-refractivity contribution in [2.45, 2.75) is 46.1 Å². The molecule has 0 aliphatic rings. The number of thiazole rings is 1. The average Bonchev–Trinajstić information content (AvgIpc) is 3.02. The molecule has 7 heteroatoms. The molecule has 2 rings (SSSR count). The van der Waals surface area contributed by atoms with Gasteiger partial charge in [0, 0.05) is 16.4 Å². The Kier molecular flexibility index (Phi) is 4.89. The van der Waals surface area contributed by atoms with E-state index in [0.717, 1.165) is 10.7 Å². The van der Waals surface area contributed by atoms with Gasteiger partial charge in [-0.1, -0.05) is 20.8 Å². The van der Waals surface area contributed by atoms with E-state index >= 15 is 0 Å². The Hall–Kier alpha value is -2.15. The quantitative estimate of drug-likeness (QED) is 0.876. The maximum absolute atomic E-state index is 12.3. The molecule has 0 aliphatic heterocycles. The van der Waals surface area contributed by atoms with Crippen LogP contribution in [0, 0.1) is 6.92 Å². The van der Waals surface area contributed by atoms with Crippen molar-refractivity contribution in [3.8, 4) is 0 Å². The molecule has 0 saturated heterocycles. The Balaban J connectivity index is 2.07. The summed E-state index contributed by atoms with van der Waals surface area (Å²) >= 11 is 1.49. The zero-order valence-corrected chi connectivity index (χ0v) is 14.4. The second-order valence-electron chi connectivity index (χ2n) is 6.35. The van der Waals surface area contributed by atoms with Gasteiger partial charge < -0.3 is 14.8 Å². The SMILES string of the molecule is Cc1coc(CC(=O)O)c1C(=O)NCc1nc(C(C)(C)C)cs1. The lowest BCUT2D eigenvalue weighted by molar-refractivity contribution is -0.136. The van der Waals surface area contributed by atoms with Gasteiger partial charge in [0.15, 0.2) is 0 Å². The minimum atomic E-state index is -1.04. The molecule has 0 unspecified atom stereocenters. The lowest BCUT2D eigenvalue weighted by Gasteiger charge is -2.14. The number of nitrogens with one attached hydrogen (secondary N) is 1. The molecule has 0 aliphatic carbocycles. The zero-order valence-electron chi connectivity index (χ0n) is 13.6. The molecule has 0 saturated carbocycles. The van der Waals surface area contributed by atoms with E-state index in [1.807, 2.05) is 5.38 Å². The first-order chi connectivity index (χ1) is 10.7. The highest BCUT2D eigenvalue weighted by atomic mass is 32.1. The van der Waals surface area contributed by atoms with Crippen molar-refractivity contribution in [2.24, 2.45) is 0 Å². The maximum Gasteiger partial charge on any atom is 0.311 e. The van der Waals surface area contributed by atoms with Crippen LogP contribution in [-0.2, 0) is 23.2 Å². The molecule has 2 aromatic heterocycles. The number of carboxylic acids is 1. The summed E-state index contributed by atoms with van der Waals surface area (Å²) in [4.78, 5) is 27.7. The van der Waals surface area contributed by atoms with Crippen molar-refractivity contribution in [3.05, 3.63) is 39.2 Å². The molecule has 0 spiro atoms. The molecule has 0 fully saturated rings. The molecule has 124 valence electrons. The van der Waals surface area contributed by atoms with Gasteiger partial charge in [-0.05, 0) is 6.92 Å². The molecule has 0 radical (unpaired) electrons. The van der Waals surface area contributed by atoms with Gasteiger partial charge in [0.25, 0.3) is 5.91 Å². The van der Waals surface area contributed by atoms with E-state index in [-0.39, 0.29) is 23.5 Å². The number of amides is 1. The third-order valence-electron chi connectivity index (χ3n) is 3.31. The number of aryl methyl sites for hydroxylation is 1. The molecular formula is C16H20N2O4S. The number of carboxylic acid groups (broad SMARTS) is 1. The Morgan fingerprint density at radius 1 is 1.39 bits per heavy atom. The van der Waals surface area contributed by atoms with Gasteiger partial charge in [0.1, 0.15) is 17.2 Å². The van der Waals surface area contributed by atoms with E-state index in [1.54, 1.807) is 6.92 Å². The van der Waals surface area contributed by atoms with Gasteiger partial charge in [0.05, 0.1) is 24.1 Å². The van der Waals surface area contributed by atoms with E-state index in [2.05, 4.69) is 31.1 Å². The lowest BCUT2D eigenvalue weighted by atomic mass is 9.93. The number of rotatable bonds is 5. The van der Waals surface area contributed by atoms with E-state index in [1.165, 1.54) is 17.6 Å². The predicted octanol–water partition coefficient (Wildman–Crippen LogP) is 2.90. The zero-order chi connectivity index (χ0) is 17.2. The number of furan rings is 1. The first-order valence-corrected chi connectivity index (χ1v) is 8.08. The summed E-state index contributed by atoms with van der Waals surface area (Å²) < 4.78 is 5.17. The topological polar surface area (TPSA) is 92.4 Å². The van der Waals surface area contributed by atoms with Crippen LogP contribution >= 0.6 is 11.3 Å². The van der Waals surface area contributed by atoms with Crippen LogP contribution in [0.1, 0.15) is 53.2 Å². The fraction of sp³-hybridized carbons (Fsp3) is 0.438. The fourth-order valence-corrected chi connectivity index (χ4v) is 3.01. The first-order valence-electron chi connectivity index (χ1n) is 7.20. The van der Waals surface area contributed by atoms with Gasteiger partial charge in [-0.2, -0.15) is 0 Å². The van der Waals surface area contributed by atoms with Gasteiger partial charge in [-0.3, -0.25) is 9.59 Å². The van der Waals surface area contributed by atoms with Crippen LogP contribution < -0.4 is 5.32 Å². The summed E-state index contributed by atoms with van der Waals surface area (Å²) in [6, 6.07) is 0. The van der Waals surface area contributed by atoms with Crippen LogP contribution in [-0.4, -0.2) is 22.0 Å². The lowest BCUT2D eigenvalue weighted by Crippen LogP contribution is -2.24. The summed E-state index contributed by atoms with van der Waals surface area (Å²) in [5, 5.41) is 14.4. The average molecular weight is 336 g/mol. The van der Waals surface area contributed by atoms with E-state index in [4.69, 9.17) is 9.52 Å². The summed E-state index contributed by atoms with van der Waals surface area (Å²) in [6.07, 6.45) is 1.08. The van der Waals surface area contributed by atoms with Crippen LogP contribution in [0.15, 0.2) is 16.1 Å².